The van der Waals surface area contributed by atoms with E-state index in [1.807, 2.05) is 0 Å². The minimum Gasteiger partial charge on any atom is -0.462 e. The van der Waals surface area contributed by atoms with Crippen LogP contribution in [0.4, 0.5) is 0 Å². The van der Waals surface area contributed by atoms with Gasteiger partial charge in [-0.15, -0.1) is 0 Å². The van der Waals surface area contributed by atoms with Crippen molar-refractivity contribution in [3.63, 3.8) is 0 Å². The fourth-order valence-electron chi connectivity index (χ4n) is 6.86. The number of hydrogen-bond acceptors (Lipinski definition) is 6. The van der Waals surface area contributed by atoms with Gasteiger partial charge >= 0.3 is 17.9 Å². The zero-order valence-corrected chi connectivity index (χ0v) is 41.1. The van der Waals surface area contributed by atoms with Crippen LogP contribution in [0.25, 0.3) is 0 Å². The number of carbonyl (C=O) groups excluding carboxylic acids is 3. The van der Waals surface area contributed by atoms with Crippen LogP contribution in [0.3, 0.4) is 0 Å². The highest BCUT2D eigenvalue weighted by atomic mass is 16.6. The SMILES string of the molecule is CCCC/C=C\C/C=C\CCCCCCCC(=O)O[C@@H](COC(=O)CCC/C=C\C/C=C\C/C=C\C/C=C\CCCCC)COC(=O)CCCCCCC/C=C\CCCCCCC. The predicted molar refractivity (Wildman–Crippen MR) is 270 cm³/mol. The highest BCUT2D eigenvalue weighted by molar-refractivity contribution is 5.71. The van der Waals surface area contributed by atoms with Crippen LogP contribution in [0.1, 0.15) is 239 Å². The summed E-state index contributed by atoms with van der Waals surface area (Å²) in [5.74, 6) is -0.986. The van der Waals surface area contributed by atoms with Gasteiger partial charge in [-0.2, -0.15) is 0 Å². The Morgan fingerprint density at radius 1 is 0.317 bits per heavy atom. The van der Waals surface area contributed by atoms with Crippen molar-refractivity contribution >= 4 is 17.9 Å². The number of ether oxygens (including phenoxy) is 3. The molecule has 63 heavy (non-hydrogen) atoms. The summed E-state index contributed by atoms with van der Waals surface area (Å²) in [6.07, 6.45) is 65.6. The third-order valence-electron chi connectivity index (χ3n) is 10.8. The van der Waals surface area contributed by atoms with Gasteiger partial charge in [0, 0.05) is 19.3 Å². The van der Waals surface area contributed by atoms with Crippen molar-refractivity contribution in [1.29, 1.82) is 0 Å². The zero-order valence-electron chi connectivity index (χ0n) is 41.1. The third-order valence-corrected chi connectivity index (χ3v) is 10.8. The van der Waals surface area contributed by atoms with Gasteiger partial charge in [-0.05, 0) is 109 Å². The summed E-state index contributed by atoms with van der Waals surface area (Å²) in [6.45, 7) is 6.49. The van der Waals surface area contributed by atoms with Crippen molar-refractivity contribution in [1.82, 2.24) is 0 Å². The van der Waals surface area contributed by atoms with E-state index in [-0.39, 0.29) is 37.5 Å². The second kappa shape index (κ2) is 51.2. The van der Waals surface area contributed by atoms with Crippen LogP contribution in [0.5, 0.6) is 0 Å². The first-order valence-electron chi connectivity index (χ1n) is 26.1. The van der Waals surface area contributed by atoms with Crippen molar-refractivity contribution in [2.24, 2.45) is 0 Å². The largest absolute Gasteiger partial charge is 0.462 e. The first kappa shape index (κ1) is 59.6. The molecule has 0 aliphatic carbocycles. The second-order valence-corrected chi connectivity index (χ2v) is 17.1. The summed E-state index contributed by atoms with van der Waals surface area (Å²) in [5, 5.41) is 0. The number of rotatable bonds is 46. The van der Waals surface area contributed by atoms with E-state index < -0.39 is 6.10 Å². The van der Waals surface area contributed by atoms with E-state index in [1.165, 1.54) is 89.9 Å². The smallest absolute Gasteiger partial charge is 0.306 e. The van der Waals surface area contributed by atoms with Crippen LogP contribution in [-0.2, 0) is 28.6 Å². The van der Waals surface area contributed by atoms with Crippen molar-refractivity contribution in [3.05, 3.63) is 85.1 Å². The normalized spacial score (nSPS) is 12.7. The quantitative estimate of drug-likeness (QED) is 0.0262. The molecule has 0 N–H and O–H groups in total. The highest BCUT2D eigenvalue weighted by Crippen LogP contribution is 2.13. The molecule has 0 aliphatic rings. The van der Waals surface area contributed by atoms with Crippen LogP contribution < -0.4 is 0 Å². The molecule has 0 aromatic carbocycles. The van der Waals surface area contributed by atoms with Gasteiger partial charge in [-0.3, -0.25) is 14.4 Å². The number of hydrogen-bond donors (Lipinski definition) is 0. The van der Waals surface area contributed by atoms with E-state index in [2.05, 4.69) is 106 Å². The summed E-state index contributed by atoms with van der Waals surface area (Å²) in [5.41, 5.74) is 0. The van der Waals surface area contributed by atoms with Crippen molar-refractivity contribution < 1.29 is 28.6 Å². The number of allylic oxidation sites excluding steroid dienone is 14. The summed E-state index contributed by atoms with van der Waals surface area (Å²) < 4.78 is 16.7. The number of unbranched alkanes of at least 4 members (excludes halogenated alkanes) is 21. The summed E-state index contributed by atoms with van der Waals surface area (Å²) in [6, 6.07) is 0. The lowest BCUT2D eigenvalue weighted by Crippen LogP contribution is -2.30. The fourth-order valence-corrected chi connectivity index (χ4v) is 6.86. The molecule has 0 radical (unpaired) electrons. The molecule has 0 amide bonds. The average Bonchev–Trinajstić information content (AvgIpc) is 3.28. The topological polar surface area (TPSA) is 78.9 Å². The molecule has 6 heteroatoms. The predicted octanol–water partition coefficient (Wildman–Crippen LogP) is 17.2. The lowest BCUT2D eigenvalue weighted by molar-refractivity contribution is -0.167. The summed E-state index contributed by atoms with van der Waals surface area (Å²) in [7, 11) is 0. The Kier molecular flexibility index (Phi) is 48.5. The van der Waals surface area contributed by atoms with Gasteiger partial charge in [-0.25, -0.2) is 0 Å². The lowest BCUT2D eigenvalue weighted by Gasteiger charge is -2.18. The molecule has 0 bridgehead atoms. The van der Waals surface area contributed by atoms with Gasteiger partial charge in [0.1, 0.15) is 13.2 Å². The molecule has 0 aromatic rings. The van der Waals surface area contributed by atoms with Crippen LogP contribution in [0, 0.1) is 0 Å². The van der Waals surface area contributed by atoms with Crippen LogP contribution in [0.2, 0.25) is 0 Å². The van der Waals surface area contributed by atoms with E-state index in [1.54, 1.807) is 0 Å². The Morgan fingerprint density at radius 3 is 1.05 bits per heavy atom. The number of esters is 3. The van der Waals surface area contributed by atoms with Crippen LogP contribution >= 0.6 is 0 Å². The van der Waals surface area contributed by atoms with Gasteiger partial charge in [0.05, 0.1) is 0 Å². The van der Waals surface area contributed by atoms with E-state index in [4.69, 9.17) is 14.2 Å². The Hall–Kier alpha value is -3.41. The van der Waals surface area contributed by atoms with Crippen molar-refractivity contribution in [2.75, 3.05) is 13.2 Å². The molecule has 0 aromatic heterocycles. The van der Waals surface area contributed by atoms with E-state index >= 15 is 0 Å². The molecular weight excluding hydrogens is 781 g/mol. The Balaban J connectivity index is 4.51. The maximum Gasteiger partial charge on any atom is 0.306 e. The lowest BCUT2D eigenvalue weighted by atomic mass is 10.1. The van der Waals surface area contributed by atoms with Gasteiger partial charge in [0.2, 0.25) is 0 Å². The standard InChI is InChI=1S/C57H96O6/c1-4-7-10-13-16-19-22-25-28-29-30-33-35-38-41-44-47-50-56(59)62-53-54(63-57(60)51-48-45-42-39-36-32-27-24-21-18-15-12-9-6-3)52-61-55(58)49-46-43-40-37-34-31-26-23-20-17-14-11-8-5-2/h15-16,18-19,23-28,30,33,38,41,54H,4-14,17,20-22,29,31-32,34-37,39-40,42-53H2,1-3H3/b18-15-,19-16-,26-23-,27-24-,28-25-,33-30-,41-38-/t54-/m1/s1. The molecule has 0 rings (SSSR count). The molecule has 0 saturated heterocycles. The summed E-state index contributed by atoms with van der Waals surface area (Å²) >= 11 is 0. The average molecular weight is 877 g/mol. The van der Waals surface area contributed by atoms with Crippen LogP contribution in [-0.4, -0.2) is 37.2 Å². The molecule has 0 saturated carbocycles. The van der Waals surface area contributed by atoms with Gasteiger partial charge in [-0.1, -0.05) is 196 Å². The molecule has 0 heterocycles. The molecule has 0 aliphatic heterocycles. The first-order chi connectivity index (χ1) is 31.0. The maximum absolute atomic E-state index is 12.8. The molecule has 1 atom stereocenters. The van der Waals surface area contributed by atoms with Crippen molar-refractivity contribution in [3.8, 4) is 0 Å². The summed E-state index contributed by atoms with van der Waals surface area (Å²) in [4.78, 5) is 38.0. The second-order valence-electron chi connectivity index (χ2n) is 17.1. The Labute approximate surface area is 388 Å². The van der Waals surface area contributed by atoms with Gasteiger partial charge in [0.15, 0.2) is 6.10 Å². The molecule has 0 fully saturated rings. The zero-order chi connectivity index (χ0) is 45.8. The number of carbonyl (C=O) groups is 3. The fraction of sp³-hybridized carbons (Fsp3) is 0.702. The van der Waals surface area contributed by atoms with E-state index in [9.17, 15) is 14.4 Å². The molecule has 0 spiro atoms. The monoisotopic (exact) mass is 877 g/mol. The van der Waals surface area contributed by atoms with E-state index in [0.29, 0.717) is 19.3 Å². The minimum absolute atomic E-state index is 0.104. The first-order valence-corrected chi connectivity index (χ1v) is 26.1. The molecule has 6 nitrogen and oxygen atoms in total. The minimum atomic E-state index is -0.809. The molecular formula is C57H96O6. The molecule has 360 valence electrons. The Bertz CT molecular complexity index is 1240. The highest BCUT2D eigenvalue weighted by Gasteiger charge is 2.19. The van der Waals surface area contributed by atoms with Crippen molar-refractivity contribution in [2.45, 2.75) is 245 Å². The third kappa shape index (κ3) is 49.5. The van der Waals surface area contributed by atoms with Crippen LogP contribution in [0.15, 0.2) is 85.1 Å². The van der Waals surface area contributed by atoms with Gasteiger partial charge < -0.3 is 14.2 Å². The Morgan fingerprint density at radius 2 is 0.603 bits per heavy atom. The molecule has 0 unspecified atom stereocenters. The van der Waals surface area contributed by atoms with E-state index in [0.717, 1.165) is 103 Å². The maximum atomic E-state index is 12.8. The van der Waals surface area contributed by atoms with Gasteiger partial charge in [0.25, 0.3) is 0 Å².